The van der Waals surface area contributed by atoms with E-state index in [1.807, 2.05) is 13.8 Å². The van der Waals surface area contributed by atoms with Gasteiger partial charge < -0.3 is 27.2 Å². The van der Waals surface area contributed by atoms with Crippen LogP contribution in [0.1, 0.15) is 40.0 Å². The Bertz CT molecular complexity index is 452. The maximum atomic E-state index is 12.1. The average molecular weight is 330 g/mol. The lowest BCUT2D eigenvalue weighted by Gasteiger charge is -2.22. The third-order valence-corrected chi connectivity index (χ3v) is 3.10. The van der Waals surface area contributed by atoms with Gasteiger partial charge in [-0.05, 0) is 25.7 Å². The zero-order valence-electron chi connectivity index (χ0n) is 13.7. The number of hydrogen-bond donors (Lipinski definition) is 5. The first-order chi connectivity index (χ1) is 10.5. The quantitative estimate of drug-likeness (QED) is 0.334. The highest BCUT2D eigenvalue weighted by molar-refractivity contribution is 5.92. The monoisotopic (exact) mass is 330 g/mol. The number of amides is 3. The Kier molecular flexibility index (Phi) is 8.86. The number of nitrogens with two attached hydrogens (primary N) is 2. The zero-order chi connectivity index (χ0) is 18.2. The highest BCUT2D eigenvalue weighted by atomic mass is 16.4. The molecule has 7 N–H and O–H groups in total. The van der Waals surface area contributed by atoms with Crippen molar-refractivity contribution in [3.8, 4) is 0 Å². The topological polar surface area (TPSA) is 165 Å². The van der Waals surface area contributed by atoms with Crippen molar-refractivity contribution in [1.29, 1.82) is 0 Å². The molecule has 0 heterocycles. The number of carbonyl (C=O) groups excluding carboxylic acids is 3. The number of rotatable bonds is 10. The van der Waals surface area contributed by atoms with Crippen LogP contribution in [0.2, 0.25) is 0 Å². The van der Waals surface area contributed by atoms with E-state index in [9.17, 15) is 19.2 Å². The van der Waals surface area contributed by atoms with Gasteiger partial charge in [0.25, 0.3) is 0 Å². The second-order valence-corrected chi connectivity index (χ2v) is 5.87. The maximum absolute atomic E-state index is 12.1. The number of carboxylic acid groups (broad SMARTS) is 1. The Balaban J connectivity index is 4.85. The molecule has 9 nitrogen and oxygen atoms in total. The molecule has 0 aromatic rings. The first-order valence-corrected chi connectivity index (χ1v) is 7.42. The van der Waals surface area contributed by atoms with Gasteiger partial charge in [-0.2, -0.15) is 0 Å². The molecule has 0 aliphatic carbocycles. The molecule has 3 unspecified atom stereocenters. The second kappa shape index (κ2) is 9.78. The first-order valence-electron chi connectivity index (χ1n) is 7.42. The van der Waals surface area contributed by atoms with Crippen molar-refractivity contribution in [1.82, 2.24) is 10.6 Å². The molecule has 0 aromatic carbocycles. The fourth-order valence-electron chi connectivity index (χ4n) is 1.82. The highest BCUT2D eigenvalue weighted by Crippen LogP contribution is 2.05. The molecule has 0 radical (unpaired) electrons. The Labute approximate surface area is 135 Å². The van der Waals surface area contributed by atoms with E-state index in [4.69, 9.17) is 16.6 Å². The van der Waals surface area contributed by atoms with E-state index >= 15 is 0 Å². The average Bonchev–Trinajstić information content (AvgIpc) is 2.41. The van der Waals surface area contributed by atoms with E-state index in [1.165, 1.54) is 6.92 Å². The van der Waals surface area contributed by atoms with Gasteiger partial charge in [-0.3, -0.25) is 19.2 Å². The predicted octanol–water partition coefficient (Wildman–Crippen LogP) is -1.30. The van der Waals surface area contributed by atoms with Crippen molar-refractivity contribution in [2.75, 3.05) is 0 Å². The number of nitrogens with one attached hydrogen (secondary N) is 2. The Hall–Kier alpha value is -2.16. The molecule has 23 heavy (non-hydrogen) atoms. The number of carbonyl (C=O) groups is 4. The Morgan fingerprint density at radius 1 is 1.04 bits per heavy atom. The Morgan fingerprint density at radius 3 is 2.04 bits per heavy atom. The van der Waals surface area contributed by atoms with Crippen LogP contribution in [0.5, 0.6) is 0 Å². The van der Waals surface area contributed by atoms with E-state index in [1.54, 1.807) is 0 Å². The van der Waals surface area contributed by atoms with Crippen molar-refractivity contribution in [3.63, 3.8) is 0 Å². The summed E-state index contributed by atoms with van der Waals surface area (Å²) in [6, 6.07) is -2.99. The molecule has 3 amide bonds. The third-order valence-electron chi connectivity index (χ3n) is 3.10. The standard InChI is InChI=1S/C14H26N4O5/c1-7(2)6-9(15)12(20)18-10(4-5-11(16)19)13(21)17-8(3)14(22)23/h7-10H,4-6,15H2,1-3H3,(H2,16,19)(H,17,21)(H,18,20)(H,22,23). The van der Waals surface area contributed by atoms with Gasteiger partial charge in [0.1, 0.15) is 12.1 Å². The van der Waals surface area contributed by atoms with Crippen LogP contribution in [0, 0.1) is 5.92 Å². The number of aliphatic carboxylic acids is 1. The largest absolute Gasteiger partial charge is 0.480 e. The summed E-state index contributed by atoms with van der Waals surface area (Å²) >= 11 is 0. The highest BCUT2D eigenvalue weighted by Gasteiger charge is 2.26. The van der Waals surface area contributed by atoms with Crippen molar-refractivity contribution in [2.24, 2.45) is 17.4 Å². The molecule has 0 saturated carbocycles. The van der Waals surface area contributed by atoms with E-state index in [-0.39, 0.29) is 18.8 Å². The predicted molar refractivity (Wildman–Crippen MR) is 83.0 cm³/mol. The SMILES string of the molecule is CC(C)CC(N)C(=O)NC(CCC(N)=O)C(=O)NC(C)C(=O)O. The first kappa shape index (κ1) is 20.8. The van der Waals surface area contributed by atoms with Gasteiger partial charge in [0.2, 0.25) is 17.7 Å². The van der Waals surface area contributed by atoms with Crippen LogP contribution < -0.4 is 22.1 Å². The van der Waals surface area contributed by atoms with Crippen LogP contribution in [0.15, 0.2) is 0 Å². The summed E-state index contributed by atoms with van der Waals surface area (Å²) < 4.78 is 0. The fraction of sp³-hybridized carbons (Fsp3) is 0.714. The molecule has 0 aliphatic rings. The van der Waals surface area contributed by atoms with Gasteiger partial charge in [-0.1, -0.05) is 13.8 Å². The van der Waals surface area contributed by atoms with Crippen molar-refractivity contribution >= 4 is 23.7 Å². The molecule has 0 fully saturated rings. The van der Waals surface area contributed by atoms with Gasteiger partial charge >= 0.3 is 5.97 Å². The van der Waals surface area contributed by atoms with Gasteiger partial charge in [0.05, 0.1) is 6.04 Å². The van der Waals surface area contributed by atoms with Crippen molar-refractivity contribution in [3.05, 3.63) is 0 Å². The van der Waals surface area contributed by atoms with Crippen LogP contribution in [0.4, 0.5) is 0 Å². The molecular formula is C14H26N4O5. The molecule has 9 heteroatoms. The molecule has 0 bridgehead atoms. The number of primary amides is 1. The molecule has 0 saturated heterocycles. The zero-order valence-corrected chi connectivity index (χ0v) is 13.7. The minimum absolute atomic E-state index is 0.0341. The number of carboxylic acids is 1. The summed E-state index contributed by atoms with van der Waals surface area (Å²) in [5.74, 6) is -2.89. The van der Waals surface area contributed by atoms with Crippen molar-refractivity contribution in [2.45, 2.75) is 58.2 Å². The summed E-state index contributed by atoms with van der Waals surface area (Å²) in [7, 11) is 0. The summed E-state index contributed by atoms with van der Waals surface area (Å²) in [6.45, 7) is 5.09. The minimum Gasteiger partial charge on any atom is -0.480 e. The number of hydrogen-bond acceptors (Lipinski definition) is 5. The van der Waals surface area contributed by atoms with Gasteiger partial charge in [-0.15, -0.1) is 0 Å². The molecule has 0 rings (SSSR count). The van der Waals surface area contributed by atoms with Crippen LogP contribution in [0.3, 0.4) is 0 Å². The molecule has 132 valence electrons. The molecular weight excluding hydrogens is 304 g/mol. The van der Waals surface area contributed by atoms with Gasteiger partial charge in [-0.25, -0.2) is 0 Å². The minimum atomic E-state index is -1.21. The van der Waals surface area contributed by atoms with Gasteiger partial charge in [0.15, 0.2) is 0 Å². The molecule has 3 atom stereocenters. The normalized spacial score (nSPS) is 14.7. The molecule has 0 spiro atoms. The van der Waals surface area contributed by atoms with E-state index < -0.39 is 41.8 Å². The van der Waals surface area contributed by atoms with Crippen molar-refractivity contribution < 1.29 is 24.3 Å². The lowest BCUT2D eigenvalue weighted by molar-refractivity contribution is -0.141. The van der Waals surface area contributed by atoms with Gasteiger partial charge in [0, 0.05) is 6.42 Å². The van der Waals surface area contributed by atoms with Crippen LogP contribution in [0.25, 0.3) is 0 Å². The van der Waals surface area contributed by atoms with Crippen LogP contribution >= 0.6 is 0 Å². The summed E-state index contributed by atoms with van der Waals surface area (Å²) in [6.07, 6.45) is 0.272. The summed E-state index contributed by atoms with van der Waals surface area (Å²) in [4.78, 5) is 45.7. The van der Waals surface area contributed by atoms with Crippen LogP contribution in [-0.2, 0) is 19.2 Å². The third kappa shape index (κ3) is 8.77. The van der Waals surface area contributed by atoms with Crippen LogP contribution in [-0.4, -0.2) is 46.9 Å². The lowest BCUT2D eigenvalue weighted by atomic mass is 10.0. The maximum Gasteiger partial charge on any atom is 0.325 e. The van der Waals surface area contributed by atoms with E-state index in [0.29, 0.717) is 6.42 Å². The van der Waals surface area contributed by atoms with E-state index in [2.05, 4.69) is 10.6 Å². The lowest BCUT2D eigenvalue weighted by Crippen LogP contribution is -2.54. The Morgan fingerprint density at radius 2 is 1.61 bits per heavy atom. The fourth-order valence-corrected chi connectivity index (χ4v) is 1.82. The van der Waals surface area contributed by atoms with E-state index in [0.717, 1.165) is 0 Å². The summed E-state index contributed by atoms with van der Waals surface area (Å²) in [5, 5.41) is 13.5. The molecule has 0 aliphatic heterocycles. The second-order valence-electron chi connectivity index (χ2n) is 5.87. The smallest absolute Gasteiger partial charge is 0.325 e. The summed E-state index contributed by atoms with van der Waals surface area (Å²) in [5.41, 5.74) is 10.8. The molecule has 0 aromatic heterocycles.